The molecule has 0 fully saturated rings. The highest BCUT2D eigenvalue weighted by Crippen LogP contribution is 2.26. The number of rotatable bonds is 5. The predicted octanol–water partition coefficient (Wildman–Crippen LogP) is 1.65. The van der Waals surface area contributed by atoms with Crippen LogP contribution in [0.3, 0.4) is 0 Å². The molecule has 0 amide bonds. The minimum absolute atomic E-state index is 0.0364. The predicted molar refractivity (Wildman–Crippen MR) is 73.2 cm³/mol. The topological polar surface area (TPSA) is 49.5 Å². The minimum Gasteiger partial charge on any atom is -0.395 e. The number of nitrogens with two attached hydrogens (primary N) is 1. The molecule has 1 aromatic heterocycles. The summed E-state index contributed by atoms with van der Waals surface area (Å²) in [5.74, 6) is 0. The Morgan fingerprint density at radius 2 is 2.18 bits per heavy atom. The Kier molecular flexibility index (Phi) is 4.12. The minimum atomic E-state index is -0.162. The third-order valence-corrected chi connectivity index (χ3v) is 3.79. The van der Waals surface area contributed by atoms with Crippen molar-refractivity contribution in [1.82, 2.24) is 4.90 Å². The lowest BCUT2D eigenvalue weighted by atomic mass is 10.1. The number of hydrogen-bond acceptors (Lipinski definition) is 4. The summed E-state index contributed by atoms with van der Waals surface area (Å²) in [4.78, 5) is 2.15. The van der Waals surface area contributed by atoms with Crippen LogP contribution in [0.15, 0.2) is 29.6 Å². The van der Waals surface area contributed by atoms with Crippen LogP contribution < -0.4 is 5.73 Å². The van der Waals surface area contributed by atoms with Gasteiger partial charge < -0.3 is 15.7 Å². The van der Waals surface area contributed by atoms with E-state index in [9.17, 15) is 0 Å². The molecule has 2 aromatic rings. The molecule has 0 radical (unpaired) electrons. The van der Waals surface area contributed by atoms with Gasteiger partial charge in [-0.15, -0.1) is 11.3 Å². The van der Waals surface area contributed by atoms with Crippen molar-refractivity contribution in [2.24, 2.45) is 5.73 Å². The van der Waals surface area contributed by atoms with E-state index in [4.69, 9.17) is 10.8 Å². The van der Waals surface area contributed by atoms with Crippen molar-refractivity contribution >= 4 is 21.4 Å². The highest BCUT2D eigenvalue weighted by molar-refractivity contribution is 7.17. The fraction of sp³-hybridized carbons (Fsp3) is 0.385. The number of benzene rings is 1. The van der Waals surface area contributed by atoms with E-state index in [1.807, 2.05) is 7.05 Å². The van der Waals surface area contributed by atoms with E-state index in [1.54, 1.807) is 11.3 Å². The number of fused-ring (bicyclic) bond motifs is 1. The van der Waals surface area contributed by atoms with Gasteiger partial charge in [0.15, 0.2) is 0 Å². The zero-order valence-electron chi connectivity index (χ0n) is 9.97. The summed E-state index contributed by atoms with van der Waals surface area (Å²) in [6, 6.07) is 8.26. The van der Waals surface area contributed by atoms with Gasteiger partial charge in [-0.1, -0.05) is 18.2 Å². The monoisotopic (exact) mass is 250 g/mol. The third kappa shape index (κ3) is 3.04. The van der Waals surface area contributed by atoms with Crippen molar-refractivity contribution in [1.29, 1.82) is 0 Å². The standard InChI is InChI=1S/C13H18N2OS/c1-15(7-11(14)8-16)6-10-9-17-13-5-3-2-4-12(10)13/h2-5,9,11,16H,6-8,14H2,1H3. The van der Waals surface area contributed by atoms with Gasteiger partial charge >= 0.3 is 0 Å². The van der Waals surface area contributed by atoms with Crippen LogP contribution in [-0.4, -0.2) is 36.2 Å². The quantitative estimate of drug-likeness (QED) is 0.848. The SMILES string of the molecule is CN(Cc1csc2ccccc12)CC(N)CO. The third-order valence-electron chi connectivity index (χ3n) is 2.78. The van der Waals surface area contributed by atoms with Gasteiger partial charge in [-0.3, -0.25) is 0 Å². The molecule has 1 unspecified atom stereocenters. The first-order valence-corrected chi connectivity index (χ1v) is 6.58. The van der Waals surface area contributed by atoms with Crippen LogP contribution in [0, 0.1) is 0 Å². The molecule has 2 rings (SSSR count). The molecular weight excluding hydrogens is 232 g/mol. The van der Waals surface area contributed by atoms with E-state index in [-0.39, 0.29) is 12.6 Å². The van der Waals surface area contributed by atoms with Crippen LogP contribution in [0.2, 0.25) is 0 Å². The number of likely N-dealkylation sites (N-methyl/N-ethyl adjacent to an activating group) is 1. The van der Waals surface area contributed by atoms with E-state index in [0.717, 1.165) is 6.54 Å². The van der Waals surface area contributed by atoms with Crippen molar-refractivity contribution in [3.05, 3.63) is 35.2 Å². The molecule has 0 bridgehead atoms. The van der Waals surface area contributed by atoms with Crippen molar-refractivity contribution in [3.63, 3.8) is 0 Å². The molecule has 4 heteroatoms. The van der Waals surface area contributed by atoms with E-state index in [0.29, 0.717) is 6.54 Å². The number of nitrogens with zero attached hydrogens (tertiary/aromatic N) is 1. The Morgan fingerprint density at radius 3 is 2.94 bits per heavy atom. The zero-order valence-corrected chi connectivity index (χ0v) is 10.8. The molecule has 0 aliphatic rings. The average Bonchev–Trinajstić information content (AvgIpc) is 2.72. The molecule has 0 aliphatic heterocycles. The largest absolute Gasteiger partial charge is 0.395 e. The van der Waals surface area contributed by atoms with E-state index >= 15 is 0 Å². The van der Waals surface area contributed by atoms with Crippen molar-refractivity contribution in [2.75, 3.05) is 20.2 Å². The van der Waals surface area contributed by atoms with Gasteiger partial charge in [-0.25, -0.2) is 0 Å². The van der Waals surface area contributed by atoms with Gasteiger partial charge in [-0.2, -0.15) is 0 Å². The summed E-state index contributed by atoms with van der Waals surface area (Å²) in [6.45, 7) is 1.62. The first-order valence-electron chi connectivity index (χ1n) is 5.71. The normalized spacial score (nSPS) is 13.4. The Labute approximate surface area is 105 Å². The highest BCUT2D eigenvalue weighted by Gasteiger charge is 2.09. The van der Waals surface area contributed by atoms with Crippen LogP contribution in [0.25, 0.3) is 10.1 Å². The summed E-state index contributed by atoms with van der Waals surface area (Å²) >= 11 is 1.77. The molecule has 0 saturated carbocycles. The fourth-order valence-corrected chi connectivity index (χ4v) is 2.92. The average molecular weight is 250 g/mol. The van der Waals surface area contributed by atoms with Crippen molar-refractivity contribution in [2.45, 2.75) is 12.6 Å². The molecular formula is C13H18N2OS. The molecule has 0 aliphatic carbocycles. The molecule has 3 N–H and O–H groups in total. The second-order valence-electron chi connectivity index (χ2n) is 4.40. The van der Waals surface area contributed by atoms with Crippen LogP contribution in [0.5, 0.6) is 0 Å². The summed E-state index contributed by atoms with van der Waals surface area (Å²) < 4.78 is 1.32. The van der Waals surface area contributed by atoms with Crippen LogP contribution in [0.4, 0.5) is 0 Å². The fourth-order valence-electron chi connectivity index (χ4n) is 1.97. The first kappa shape index (κ1) is 12.5. The molecule has 92 valence electrons. The Morgan fingerprint density at radius 1 is 1.41 bits per heavy atom. The van der Waals surface area contributed by atoms with Gasteiger partial charge in [0.05, 0.1) is 6.61 Å². The maximum Gasteiger partial charge on any atom is 0.0595 e. The Hall–Kier alpha value is -0.940. The molecule has 3 nitrogen and oxygen atoms in total. The van der Waals surface area contributed by atoms with Crippen LogP contribution >= 0.6 is 11.3 Å². The number of hydrogen-bond donors (Lipinski definition) is 2. The zero-order chi connectivity index (χ0) is 12.3. The number of aliphatic hydroxyl groups is 1. The lowest BCUT2D eigenvalue weighted by molar-refractivity contribution is 0.219. The summed E-state index contributed by atoms with van der Waals surface area (Å²) in [6.07, 6.45) is 0. The molecule has 1 atom stereocenters. The summed E-state index contributed by atoms with van der Waals surface area (Å²) in [7, 11) is 2.03. The van der Waals surface area contributed by atoms with Crippen LogP contribution in [-0.2, 0) is 6.54 Å². The van der Waals surface area contributed by atoms with Gasteiger partial charge in [0.2, 0.25) is 0 Å². The maximum absolute atomic E-state index is 8.93. The van der Waals surface area contributed by atoms with Crippen molar-refractivity contribution in [3.8, 4) is 0 Å². The highest BCUT2D eigenvalue weighted by atomic mass is 32.1. The molecule has 0 saturated heterocycles. The molecule has 1 aromatic carbocycles. The second kappa shape index (κ2) is 5.60. The first-order chi connectivity index (χ1) is 8.20. The second-order valence-corrected chi connectivity index (χ2v) is 5.31. The number of thiophene rings is 1. The maximum atomic E-state index is 8.93. The van der Waals surface area contributed by atoms with Crippen molar-refractivity contribution < 1.29 is 5.11 Å². The molecule has 1 heterocycles. The van der Waals surface area contributed by atoms with E-state index in [1.165, 1.54) is 15.6 Å². The molecule has 17 heavy (non-hydrogen) atoms. The summed E-state index contributed by atoms with van der Waals surface area (Å²) in [5.41, 5.74) is 7.06. The van der Waals surface area contributed by atoms with Crippen LogP contribution in [0.1, 0.15) is 5.56 Å². The smallest absolute Gasteiger partial charge is 0.0595 e. The summed E-state index contributed by atoms with van der Waals surface area (Å²) in [5, 5.41) is 12.5. The van der Waals surface area contributed by atoms with E-state index < -0.39 is 0 Å². The Balaban J connectivity index is 2.08. The van der Waals surface area contributed by atoms with Gasteiger partial charge in [-0.05, 0) is 29.4 Å². The number of aliphatic hydroxyl groups excluding tert-OH is 1. The van der Waals surface area contributed by atoms with Gasteiger partial charge in [0.25, 0.3) is 0 Å². The van der Waals surface area contributed by atoms with E-state index in [2.05, 4.69) is 34.5 Å². The lowest BCUT2D eigenvalue weighted by Gasteiger charge is -2.19. The van der Waals surface area contributed by atoms with Gasteiger partial charge in [0.1, 0.15) is 0 Å². The lowest BCUT2D eigenvalue weighted by Crippen LogP contribution is -2.37. The van der Waals surface area contributed by atoms with Gasteiger partial charge in [0, 0.05) is 23.8 Å². The molecule has 0 spiro atoms. The Bertz CT molecular complexity index is 483.